The van der Waals surface area contributed by atoms with Crippen molar-refractivity contribution in [3.8, 4) is 0 Å². The maximum atomic E-state index is 12.6. The van der Waals surface area contributed by atoms with Gasteiger partial charge in [-0.15, -0.1) is 0 Å². The number of halogens is 3. The van der Waals surface area contributed by atoms with Crippen molar-refractivity contribution in [2.75, 3.05) is 0 Å². The normalized spacial score (nSPS) is 13.5. The number of hydrogen-bond donors (Lipinski definition) is 1. The lowest BCUT2D eigenvalue weighted by molar-refractivity contribution is -0.137. The Morgan fingerprint density at radius 3 is 2.58 bits per heavy atom. The Bertz CT molecular complexity index is 558. The zero-order valence-electron chi connectivity index (χ0n) is 10.2. The van der Waals surface area contributed by atoms with E-state index in [0.29, 0.717) is 11.3 Å². The van der Waals surface area contributed by atoms with Crippen LogP contribution in [0.15, 0.2) is 41.0 Å². The molecule has 19 heavy (non-hydrogen) atoms. The summed E-state index contributed by atoms with van der Waals surface area (Å²) in [4.78, 5) is 0. The molecule has 0 bridgehead atoms. The van der Waals surface area contributed by atoms with Crippen molar-refractivity contribution < 1.29 is 22.7 Å². The summed E-state index contributed by atoms with van der Waals surface area (Å²) in [5.41, 5.74) is 0.478. The molecule has 1 aromatic carbocycles. The minimum atomic E-state index is -4.37. The third-order valence-electron chi connectivity index (χ3n) is 2.89. The van der Waals surface area contributed by atoms with Crippen LogP contribution in [0.3, 0.4) is 0 Å². The van der Waals surface area contributed by atoms with Crippen LogP contribution in [0.5, 0.6) is 0 Å². The summed E-state index contributed by atoms with van der Waals surface area (Å²) >= 11 is 0. The summed E-state index contributed by atoms with van der Waals surface area (Å²) < 4.78 is 42.8. The molecule has 2 nitrogen and oxygen atoms in total. The van der Waals surface area contributed by atoms with Crippen LogP contribution in [0, 0.1) is 6.92 Å². The van der Waals surface area contributed by atoms with Gasteiger partial charge in [-0.2, -0.15) is 13.2 Å². The van der Waals surface area contributed by atoms with Gasteiger partial charge in [0.05, 0.1) is 11.8 Å². The van der Waals surface area contributed by atoms with E-state index in [0.717, 1.165) is 17.7 Å². The lowest BCUT2D eigenvalue weighted by atomic mass is 10.0. The molecule has 0 saturated carbocycles. The largest absolute Gasteiger partial charge is 0.466 e. The first-order chi connectivity index (χ1) is 8.88. The predicted molar refractivity (Wildman–Crippen MR) is 63.6 cm³/mol. The van der Waals surface area contributed by atoms with Crippen molar-refractivity contribution in [1.29, 1.82) is 0 Å². The zero-order chi connectivity index (χ0) is 14.0. The molecule has 1 heterocycles. The lowest BCUT2D eigenvalue weighted by Gasteiger charge is -2.12. The molecule has 0 amide bonds. The molecular weight excluding hydrogens is 257 g/mol. The van der Waals surface area contributed by atoms with Crippen LogP contribution in [-0.4, -0.2) is 5.11 Å². The second-order valence-electron chi connectivity index (χ2n) is 4.39. The van der Waals surface area contributed by atoms with Crippen LogP contribution in [0.1, 0.15) is 28.6 Å². The molecule has 1 atom stereocenters. The van der Waals surface area contributed by atoms with E-state index in [1.807, 2.05) is 0 Å². The van der Waals surface area contributed by atoms with Crippen molar-refractivity contribution in [2.24, 2.45) is 0 Å². The summed E-state index contributed by atoms with van der Waals surface area (Å²) in [6.07, 6.45) is -3.79. The number of aryl methyl sites for hydroxylation is 1. The van der Waals surface area contributed by atoms with Gasteiger partial charge < -0.3 is 9.52 Å². The van der Waals surface area contributed by atoms with Gasteiger partial charge in [0.15, 0.2) is 0 Å². The molecule has 5 heteroatoms. The Hall–Kier alpha value is -1.75. The van der Waals surface area contributed by atoms with E-state index in [2.05, 4.69) is 0 Å². The molecule has 2 rings (SSSR count). The summed E-state index contributed by atoms with van der Waals surface area (Å²) in [6, 6.07) is 6.64. The van der Waals surface area contributed by atoms with E-state index in [1.165, 1.54) is 12.3 Å². The first-order valence-electron chi connectivity index (χ1n) is 5.76. The monoisotopic (exact) mass is 270 g/mol. The Kier molecular flexibility index (Phi) is 3.66. The van der Waals surface area contributed by atoms with E-state index in [1.54, 1.807) is 19.1 Å². The highest BCUT2D eigenvalue weighted by atomic mass is 19.4. The van der Waals surface area contributed by atoms with Gasteiger partial charge in [-0.1, -0.05) is 18.2 Å². The van der Waals surface area contributed by atoms with Crippen molar-refractivity contribution in [3.05, 3.63) is 59.0 Å². The fourth-order valence-corrected chi connectivity index (χ4v) is 1.92. The molecule has 0 radical (unpaired) electrons. The average Bonchev–Trinajstić information content (AvgIpc) is 2.75. The van der Waals surface area contributed by atoms with E-state index in [-0.39, 0.29) is 6.42 Å². The maximum absolute atomic E-state index is 12.6. The van der Waals surface area contributed by atoms with Crippen molar-refractivity contribution >= 4 is 0 Å². The van der Waals surface area contributed by atoms with Crippen LogP contribution < -0.4 is 0 Å². The van der Waals surface area contributed by atoms with Gasteiger partial charge in [-0.3, -0.25) is 0 Å². The molecule has 0 saturated heterocycles. The highest BCUT2D eigenvalue weighted by Gasteiger charge is 2.30. The van der Waals surface area contributed by atoms with Gasteiger partial charge in [-0.25, -0.2) is 0 Å². The molecule has 1 aromatic heterocycles. The predicted octanol–water partition coefficient (Wildman–Crippen LogP) is 3.88. The van der Waals surface area contributed by atoms with Crippen molar-refractivity contribution in [3.63, 3.8) is 0 Å². The minimum Gasteiger partial charge on any atom is -0.466 e. The quantitative estimate of drug-likeness (QED) is 0.918. The molecule has 0 aliphatic heterocycles. The highest BCUT2D eigenvalue weighted by molar-refractivity contribution is 5.27. The number of benzene rings is 1. The highest BCUT2D eigenvalue weighted by Crippen LogP contribution is 2.30. The zero-order valence-corrected chi connectivity index (χ0v) is 10.2. The molecule has 0 fully saturated rings. The minimum absolute atomic E-state index is 0.0816. The smallest absolute Gasteiger partial charge is 0.416 e. The van der Waals surface area contributed by atoms with E-state index in [4.69, 9.17) is 4.42 Å². The number of aliphatic hydroxyl groups excluding tert-OH is 1. The fraction of sp³-hybridized carbons (Fsp3) is 0.286. The van der Waals surface area contributed by atoms with Gasteiger partial charge in [-0.05, 0) is 30.2 Å². The molecule has 102 valence electrons. The Labute approximate surface area is 108 Å². The molecule has 0 aliphatic carbocycles. The number of aliphatic hydroxyl groups is 1. The second-order valence-corrected chi connectivity index (χ2v) is 4.39. The summed E-state index contributed by atoms with van der Waals surface area (Å²) in [7, 11) is 0. The van der Waals surface area contributed by atoms with Gasteiger partial charge in [0.25, 0.3) is 0 Å². The van der Waals surface area contributed by atoms with E-state index >= 15 is 0 Å². The molecule has 2 aromatic rings. The van der Waals surface area contributed by atoms with Crippen LogP contribution in [0.2, 0.25) is 0 Å². The van der Waals surface area contributed by atoms with E-state index < -0.39 is 17.8 Å². The van der Waals surface area contributed by atoms with Gasteiger partial charge in [0, 0.05) is 6.42 Å². The van der Waals surface area contributed by atoms with Gasteiger partial charge in [0.2, 0.25) is 0 Å². The SMILES string of the molecule is Cc1ccoc1C(O)Cc1cccc(C(F)(F)F)c1. The topological polar surface area (TPSA) is 33.4 Å². The average molecular weight is 270 g/mol. The Morgan fingerprint density at radius 2 is 2.00 bits per heavy atom. The number of rotatable bonds is 3. The van der Waals surface area contributed by atoms with Gasteiger partial charge >= 0.3 is 6.18 Å². The third kappa shape index (κ3) is 3.17. The van der Waals surface area contributed by atoms with Crippen LogP contribution in [-0.2, 0) is 12.6 Å². The van der Waals surface area contributed by atoms with Crippen LogP contribution in [0.4, 0.5) is 13.2 Å². The van der Waals surface area contributed by atoms with Crippen LogP contribution >= 0.6 is 0 Å². The Balaban J connectivity index is 2.18. The fourth-order valence-electron chi connectivity index (χ4n) is 1.92. The number of hydrogen-bond acceptors (Lipinski definition) is 2. The van der Waals surface area contributed by atoms with Gasteiger partial charge in [0.1, 0.15) is 11.9 Å². The number of furan rings is 1. The van der Waals surface area contributed by atoms with Crippen molar-refractivity contribution in [1.82, 2.24) is 0 Å². The third-order valence-corrected chi connectivity index (χ3v) is 2.89. The Morgan fingerprint density at radius 1 is 1.26 bits per heavy atom. The standard InChI is InChI=1S/C14H13F3O2/c1-9-5-6-19-13(9)12(18)8-10-3-2-4-11(7-10)14(15,16)17/h2-7,12,18H,8H2,1H3. The van der Waals surface area contributed by atoms with E-state index in [9.17, 15) is 18.3 Å². The van der Waals surface area contributed by atoms with Crippen molar-refractivity contribution in [2.45, 2.75) is 25.6 Å². The first-order valence-corrected chi connectivity index (χ1v) is 5.76. The molecule has 0 aliphatic rings. The molecule has 1 N–H and O–H groups in total. The van der Waals surface area contributed by atoms with Crippen LogP contribution in [0.25, 0.3) is 0 Å². The first kappa shape index (κ1) is 13.7. The second kappa shape index (κ2) is 5.09. The summed E-state index contributed by atoms with van der Waals surface area (Å²) in [6.45, 7) is 1.77. The summed E-state index contributed by atoms with van der Waals surface area (Å²) in [5, 5.41) is 9.96. The maximum Gasteiger partial charge on any atom is 0.416 e. The summed E-state index contributed by atoms with van der Waals surface area (Å²) in [5.74, 6) is 0.386. The number of alkyl halides is 3. The molecule has 1 unspecified atom stereocenters. The molecular formula is C14H13F3O2. The lowest BCUT2D eigenvalue weighted by Crippen LogP contribution is -2.07. The molecule has 0 spiro atoms.